The van der Waals surface area contributed by atoms with Gasteiger partial charge in [0.25, 0.3) is 5.91 Å². The van der Waals surface area contributed by atoms with Gasteiger partial charge in [-0.2, -0.15) is 13.2 Å². The van der Waals surface area contributed by atoms with Crippen molar-refractivity contribution in [3.05, 3.63) is 29.8 Å². The third-order valence-corrected chi connectivity index (χ3v) is 3.57. The molecule has 0 unspecified atom stereocenters. The third-order valence-electron chi connectivity index (χ3n) is 3.57. The van der Waals surface area contributed by atoms with E-state index in [2.05, 4.69) is 0 Å². The van der Waals surface area contributed by atoms with Gasteiger partial charge >= 0.3 is 12.2 Å². The second-order valence-corrected chi connectivity index (χ2v) is 5.27. The van der Waals surface area contributed by atoms with E-state index in [4.69, 9.17) is 0 Å². The van der Waals surface area contributed by atoms with Crippen molar-refractivity contribution < 1.29 is 22.8 Å². The molecule has 1 fully saturated rings. The molecule has 1 aliphatic rings. The van der Waals surface area contributed by atoms with E-state index >= 15 is 0 Å². The fraction of sp³-hybridized carbons (Fsp3) is 0.429. The molecule has 1 heterocycles. The number of halogens is 3. The predicted octanol–water partition coefficient (Wildman–Crippen LogP) is 3.27. The highest BCUT2D eigenvalue weighted by Crippen LogP contribution is 2.35. The summed E-state index contributed by atoms with van der Waals surface area (Å²) in [5.41, 5.74) is -2.03. The maximum absolute atomic E-state index is 12.7. The van der Waals surface area contributed by atoms with Gasteiger partial charge in [-0.3, -0.25) is 4.79 Å². The van der Waals surface area contributed by atoms with Gasteiger partial charge in [0.1, 0.15) is 5.54 Å². The molecular weight excluding hydrogens is 285 g/mol. The Bertz CT molecular complexity index is 596. The lowest BCUT2D eigenvalue weighted by Gasteiger charge is -2.25. The SMILES string of the molecule is CCN1C(=O)N(c2cccc(C(F)(F)F)c2)C(=O)C1(C)C. The Morgan fingerprint density at radius 1 is 1.19 bits per heavy atom. The Kier molecular flexibility index (Phi) is 3.47. The van der Waals surface area contributed by atoms with Crippen molar-refractivity contribution in [1.82, 2.24) is 4.90 Å². The average Bonchev–Trinajstić information content (AvgIpc) is 2.55. The molecule has 114 valence electrons. The minimum atomic E-state index is -4.53. The van der Waals surface area contributed by atoms with Crippen molar-refractivity contribution in [2.45, 2.75) is 32.5 Å². The molecule has 1 saturated heterocycles. The number of alkyl halides is 3. The van der Waals surface area contributed by atoms with E-state index < -0.39 is 29.2 Å². The topological polar surface area (TPSA) is 40.6 Å². The maximum Gasteiger partial charge on any atom is 0.416 e. The quantitative estimate of drug-likeness (QED) is 0.786. The lowest BCUT2D eigenvalue weighted by Crippen LogP contribution is -2.43. The first-order valence-corrected chi connectivity index (χ1v) is 6.44. The van der Waals surface area contributed by atoms with Crippen LogP contribution in [0.15, 0.2) is 24.3 Å². The first-order valence-electron chi connectivity index (χ1n) is 6.44. The lowest BCUT2D eigenvalue weighted by atomic mass is 10.0. The number of imide groups is 1. The molecule has 21 heavy (non-hydrogen) atoms. The summed E-state index contributed by atoms with van der Waals surface area (Å²) in [6, 6.07) is 3.61. The summed E-state index contributed by atoms with van der Waals surface area (Å²) in [5, 5.41) is 0. The second-order valence-electron chi connectivity index (χ2n) is 5.27. The summed E-state index contributed by atoms with van der Waals surface area (Å²) in [4.78, 5) is 26.8. The van der Waals surface area contributed by atoms with Crippen LogP contribution in [-0.4, -0.2) is 28.9 Å². The number of carbonyl (C=O) groups excluding carboxylic acids is 2. The minimum Gasteiger partial charge on any atom is -0.310 e. The van der Waals surface area contributed by atoms with Crippen molar-refractivity contribution >= 4 is 17.6 Å². The zero-order chi connectivity index (χ0) is 16.0. The molecule has 0 radical (unpaired) electrons. The van der Waals surface area contributed by atoms with Gasteiger partial charge in [-0.05, 0) is 39.0 Å². The van der Waals surface area contributed by atoms with Crippen LogP contribution in [0.3, 0.4) is 0 Å². The Balaban J connectivity index is 2.48. The van der Waals surface area contributed by atoms with Gasteiger partial charge in [0, 0.05) is 6.54 Å². The number of benzene rings is 1. The molecule has 1 aromatic rings. The van der Waals surface area contributed by atoms with Gasteiger partial charge in [0.05, 0.1) is 11.3 Å². The second kappa shape index (κ2) is 4.75. The fourth-order valence-electron chi connectivity index (χ4n) is 2.42. The minimum absolute atomic E-state index is 0.0659. The normalized spacial score (nSPS) is 18.6. The molecule has 0 aliphatic carbocycles. The molecule has 0 aromatic heterocycles. The monoisotopic (exact) mass is 300 g/mol. The standard InChI is InChI=1S/C14H15F3N2O2/c1-4-18-12(21)19(11(20)13(18,2)3)10-7-5-6-9(8-10)14(15,16)17/h5-8H,4H2,1-3H3. The van der Waals surface area contributed by atoms with Crippen LogP contribution in [0.25, 0.3) is 0 Å². The molecule has 1 aromatic carbocycles. The molecule has 1 aliphatic heterocycles. The van der Waals surface area contributed by atoms with Crippen LogP contribution in [0, 0.1) is 0 Å². The molecule has 3 amide bonds. The van der Waals surface area contributed by atoms with Gasteiger partial charge in [-0.15, -0.1) is 0 Å². The molecule has 0 N–H and O–H groups in total. The molecule has 4 nitrogen and oxygen atoms in total. The van der Waals surface area contributed by atoms with Crippen molar-refractivity contribution in [2.75, 3.05) is 11.4 Å². The molecule has 0 spiro atoms. The summed E-state index contributed by atoms with van der Waals surface area (Å²) in [6.45, 7) is 5.16. The number of hydrogen-bond donors (Lipinski definition) is 0. The maximum atomic E-state index is 12.7. The number of urea groups is 1. The van der Waals surface area contributed by atoms with E-state index in [9.17, 15) is 22.8 Å². The largest absolute Gasteiger partial charge is 0.416 e. The van der Waals surface area contributed by atoms with Crippen molar-refractivity contribution in [3.63, 3.8) is 0 Å². The summed E-state index contributed by atoms with van der Waals surface area (Å²) >= 11 is 0. The summed E-state index contributed by atoms with van der Waals surface area (Å²) in [5.74, 6) is -0.534. The number of hydrogen-bond acceptors (Lipinski definition) is 2. The van der Waals surface area contributed by atoms with Crippen molar-refractivity contribution in [1.29, 1.82) is 0 Å². The number of anilines is 1. The van der Waals surface area contributed by atoms with E-state index in [1.807, 2.05) is 0 Å². The predicted molar refractivity (Wildman–Crippen MR) is 70.8 cm³/mol. The summed E-state index contributed by atoms with van der Waals surface area (Å²) in [6.07, 6.45) is -4.53. The first-order chi connectivity index (χ1) is 9.60. The van der Waals surface area contributed by atoms with Gasteiger partial charge in [-0.1, -0.05) is 6.07 Å². The van der Waals surface area contributed by atoms with Gasteiger partial charge in [0.2, 0.25) is 0 Å². The van der Waals surface area contributed by atoms with E-state index in [1.165, 1.54) is 17.0 Å². The van der Waals surface area contributed by atoms with Crippen molar-refractivity contribution in [3.8, 4) is 0 Å². The number of likely N-dealkylation sites (N-methyl/N-ethyl adjacent to an activating group) is 1. The highest BCUT2D eigenvalue weighted by Gasteiger charge is 2.51. The van der Waals surface area contributed by atoms with Crippen LogP contribution < -0.4 is 4.90 Å². The van der Waals surface area contributed by atoms with E-state index in [1.54, 1.807) is 20.8 Å². The Morgan fingerprint density at radius 2 is 1.81 bits per heavy atom. The van der Waals surface area contributed by atoms with E-state index in [-0.39, 0.29) is 5.69 Å². The van der Waals surface area contributed by atoms with Crippen LogP contribution in [0.2, 0.25) is 0 Å². The fourth-order valence-corrected chi connectivity index (χ4v) is 2.42. The summed E-state index contributed by atoms with van der Waals surface area (Å²) < 4.78 is 38.2. The lowest BCUT2D eigenvalue weighted by molar-refractivity contribution is -0.137. The third kappa shape index (κ3) is 2.36. The smallest absolute Gasteiger partial charge is 0.310 e. The van der Waals surface area contributed by atoms with Crippen LogP contribution in [-0.2, 0) is 11.0 Å². The van der Waals surface area contributed by atoms with Gasteiger partial charge in [-0.25, -0.2) is 9.69 Å². The van der Waals surface area contributed by atoms with E-state index in [0.29, 0.717) is 6.54 Å². The zero-order valence-corrected chi connectivity index (χ0v) is 11.9. The molecular formula is C14H15F3N2O2. The first kappa shape index (κ1) is 15.3. The molecule has 0 atom stereocenters. The highest BCUT2D eigenvalue weighted by molar-refractivity contribution is 6.22. The molecule has 0 bridgehead atoms. The zero-order valence-electron chi connectivity index (χ0n) is 11.9. The number of carbonyl (C=O) groups is 2. The van der Waals surface area contributed by atoms with Crippen LogP contribution >= 0.6 is 0 Å². The Labute approximate surface area is 120 Å². The van der Waals surface area contributed by atoms with E-state index in [0.717, 1.165) is 17.0 Å². The highest BCUT2D eigenvalue weighted by atomic mass is 19.4. The average molecular weight is 300 g/mol. The van der Waals surface area contributed by atoms with Gasteiger partial charge < -0.3 is 4.90 Å². The molecule has 0 saturated carbocycles. The number of nitrogens with zero attached hydrogens (tertiary/aromatic N) is 2. The molecule has 7 heteroatoms. The molecule has 2 rings (SSSR count). The Morgan fingerprint density at radius 3 is 2.29 bits per heavy atom. The van der Waals surface area contributed by atoms with Crippen LogP contribution in [0.4, 0.5) is 23.7 Å². The Hall–Kier alpha value is -2.05. The van der Waals surface area contributed by atoms with Crippen molar-refractivity contribution in [2.24, 2.45) is 0 Å². The summed E-state index contributed by atoms with van der Waals surface area (Å²) in [7, 11) is 0. The van der Waals surface area contributed by atoms with Crippen LogP contribution in [0.5, 0.6) is 0 Å². The number of rotatable bonds is 2. The number of amides is 3. The van der Waals surface area contributed by atoms with Gasteiger partial charge in [0.15, 0.2) is 0 Å². The van der Waals surface area contributed by atoms with Crippen LogP contribution in [0.1, 0.15) is 26.3 Å².